The zero-order valence-corrected chi connectivity index (χ0v) is 15.2. The number of nitrogens with one attached hydrogen (secondary N) is 2. The van der Waals surface area contributed by atoms with Crippen molar-refractivity contribution in [3.63, 3.8) is 0 Å². The topological polar surface area (TPSA) is 61.4 Å². The maximum Gasteiger partial charge on any atom is 0.317 e. The summed E-state index contributed by atoms with van der Waals surface area (Å²) in [5.74, 6) is -0.115. The van der Waals surface area contributed by atoms with Crippen LogP contribution in [0.15, 0.2) is 36.4 Å². The Labute approximate surface area is 146 Å². The summed E-state index contributed by atoms with van der Waals surface area (Å²) in [6.45, 7) is 5.95. The molecule has 0 unspecified atom stereocenters. The van der Waals surface area contributed by atoms with Crippen LogP contribution in [0, 0.1) is 6.92 Å². The van der Waals surface area contributed by atoms with Crippen LogP contribution in [0.3, 0.4) is 0 Å². The lowest BCUT2D eigenvalue weighted by Gasteiger charge is -2.24. The van der Waals surface area contributed by atoms with Gasteiger partial charge in [0.1, 0.15) is 0 Å². The lowest BCUT2D eigenvalue weighted by atomic mass is 10.2. The maximum absolute atomic E-state index is 12.4. The van der Waals surface area contributed by atoms with Crippen molar-refractivity contribution >= 4 is 29.0 Å². The average Bonchev–Trinajstić information content (AvgIpc) is 2.97. The fourth-order valence-electron chi connectivity index (χ4n) is 2.31. The van der Waals surface area contributed by atoms with Crippen molar-refractivity contribution in [2.24, 2.45) is 0 Å². The summed E-state index contributed by atoms with van der Waals surface area (Å²) in [6.07, 6.45) is 0. The van der Waals surface area contributed by atoms with Crippen molar-refractivity contribution in [2.45, 2.75) is 33.4 Å². The number of hydrogen-bond donors (Lipinski definition) is 2. The second-order valence-electron chi connectivity index (χ2n) is 5.78. The summed E-state index contributed by atoms with van der Waals surface area (Å²) in [6, 6.07) is 11.5. The Kier molecular flexibility index (Phi) is 5.98. The second kappa shape index (κ2) is 7.97. The molecule has 0 saturated heterocycles. The molecule has 0 fully saturated rings. The number of anilines is 1. The van der Waals surface area contributed by atoms with E-state index < -0.39 is 0 Å². The predicted molar refractivity (Wildman–Crippen MR) is 98.2 cm³/mol. The number of urea groups is 1. The molecule has 1 atom stereocenters. The van der Waals surface area contributed by atoms with Crippen LogP contribution in [-0.2, 0) is 11.3 Å². The van der Waals surface area contributed by atoms with Gasteiger partial charge in [-0.25, -0.2) is 4.79 Å². The van der Waals surface area contributed by atoms with Crippen molar-refractivity contribution < 1.29 is 9.59 Å². The number of amides is 3. The van der Waals surface area contributed by atoms with E-state index in [0.717, 1.165) is 16.1 Å². The molecule has 2 aromatic rings. The van der Waals surface area contributed by atoms with Gasteiger partial charge in [-0.05, 0) is 43.7 Å². The fraction of sp³-hybridized carbons (Fsp3) is 0.333. The van der Waals surface area contributed by atoms with E-state index in [1.54, 1.807) is 23.3 Å². The average molecular weight is 345 g/mol. The molecule has 0 spiro atoms. The number of thiophene rings is 1. The standard InChI is InChI=1S/C18H23N3O2S/c1-12-8-9-17(24-12)13(2)21(4)18(23)19-11-15-6-5-7-16(10-15)20-14(3)22/h5-10,13H,11H2,1-4H3,(H,19,23)(H,20,22)/t13-/m1/s1. The third-order valence-electron chi connectivity index (χ3n) is 3.77. The monoisotopic (exact) mass is 345 g/mol. The first-order valence-electron chi connectivity index (χ1n) is 7.80. The van der Waals surface area contributed by atoms with Gasteiger partial charge in [-0.3, -0.25) is 4.79 Å². The Hall–Kier alpha value is -2.34. The number of aryl methyl sites for hydroxylation is 1. The number of rotatable bonds is 5. The zero-order valence-electron chi connectivity index (χ0n) is 14.4. The predicted octanol–water partition coefficient (Wildman–Crippen LogP) is 3.92. The molecule has 0 aliphatic heterocycles. The summed E-state index contributed by atoms with van der Waals surface area (Å²) in [7, 11) is 1.79. The van der Waals surface area contributed by atoms with Crippen molar-refractivity contribution in [3.8, 4) is 0 Å². The smallest absolute Gasteiger partial charge is 0.317 e. The number of benzene rings is 1. The van der Waals surface area contributed by atoms with Crippen LogP contribution >= 0.6 is 11.3 Å². The molecule has 6 heteroatoms. The Balaban J connectivity index is 1.93. The summed E-state index contributed by atoms with van der Waals surface area (Å²) in [5, 5.41) is 5.65. The highest BCUT2D eigenvalue weighted by atomic mass is 32.1. The van der Waals surface area contributed by atoms with Crippen molar-refractivity contribution in [2.75, 3.05) is 12.4 Å². The van der Waals surface area contributed by atoms with Crippen LogP contribution in [0.1, 0.15) is 35.2 Å². The number of carbonyl (C=O) groups is 2. The van der Waals surface area contributed by atoms with Crippen LogP contribution in [0.25, 0.3) is 0 Å². The molecule has 2 rings (SSSR count). The van der Waals surface area contributed by atoms with E-state index in [0.29, 0.717) is 6.54 Å². The molecule has 2 N–H and O–H groups in total. The van der Waals surface area contributed by atoms with Gasteiger partial charge in [-0.2, -0.15) is 0 Å². The first-order valence-corrected chi connectivity index (χ1v) is 8.62. The fourth-order valence-corrected chi connectivity index (χ4v) is 3.28. The summed E-state index contributed by atoms with van der Waals surface area (Å²) >= 11 is 1.70. The SMILES string of the molecule is CC(=O)Nc1cccc(CNC(=O)N(C)[C@H](C)c2ccc(C)s2)c1. The molecule has 0 aliphatic carbocycles. The molecule has 24 heavy (non-hydrogen) atoms. The van der Waals surface area contributed by atoms with Gasteiger partial charge < -0.3 is 15.5 Å². The van der Waals surface area contributed by atoms with E-state index in [2.05, 4.69) is 29.7 Å². The first-order chi connectivity index (χ1) is 11.4. The van der Waals surface area contributed by atoms with Gasteiger partial charge in [0, 0.05) is 36.0 Å². The summed E-state index contributed by atoms with van der Waals surface area (Å²) < 4.78 is 0. The molecule has 1 aromatic carbocycles. The van der Waals surface area contributed by atoms with Gasteiger partial charge in [0.15, 0.2) is 0 Å². The van der Waals surface area contributed by atoms with Gasteiger partial charge in [-0.1, -0.05) is 12.1 Å². The molecule has 0 saturated carbocycles. The van der Waals surface area contributed by atoms with E-state index in [1.807, 2.05) is 31.2 Å². The quantitative estimate of drug-likeness (QED) is 0.863. The minimum atomic E-state index is -0.126. The number of hydrogen-bond acceptors (Lipinski definition) is 3. The highest BCUT2D eigenvalue weighted by Crippen LogP contribution is 2.26. The molecule has 1 aromatic heterocycles. The molecule has 3 amide bonds. The Morgan fingerprint density at radius 3 is 2.62 bits per heavy atom. The number of carbonyl (C=O) groups excluding carboxylic acids is 2. The highest BCUT2D eigenvalue weighted by molar-refractivity contribution is 7.12. The van der Waals surface area contributed by atoms with Crippen LogP contribution in [0.4, 0.5) is 10.5 Å². The van der Waals surface area contributed by atoms with E-state index in [4.69, 9.17) is 0 Å². The highest BCUT2D eigenvalue weighted by Gasteiger charge is 2.18. The molecule has 0 bridgehead atoms. The third-order valence-corrected chi connectivity index (χ3v) is 4.94. The molecule has 5 nitrogen and oxygen atoms in total. The molecular weight excluding hydrogens is 322 g/mol. The molecule has 0 radical (unpaired) electrons. The van der Waals surface area contributed by atoms with E-state index in [1.165, 1.54) is 11.8 Å². The van der Waals surface area contributed by atoms with Crippen LogP contribution in [-0.4, -0.2) is 23.9 Å². The van der Waals surface area contributed by atoms with Crippen LogP contribution < -0.4 is 10.6 Å². The van der Waals surface area contributed by atoms with E-state index in [9.17, 15) is 9.59 Å². The van der Waals surface area contributed by atoms with Gasteiger partial charge in [0.05, 0.1) is 6.04 Å². The lowest BCUT2D eigenvalue weighted by Crippen LogP contribution is -2.38. The molecular formula is C18H23N3O2S. The molecule has 128 valence electrons. The largest absolute Gasteiger partial charge is 0.334 e. The van der Waals surface area contributed by atoms with Gasteiger partial charge in [0.25, 0.3) is 0 Å². The zero-order chi connectivity index (χ0) is 17.7. The van der Waals surface area contributed by atoms with Gasteiger partial charge in [-0.15, -0.1) is 11.3 Å². The van der Waals surface area contributed by atoms with E-state index >= 15 is 0 Å². The van der Waals surface area contributed by atoms with Gasteiger partial charge >= 0.3 is 6.03 Å². The van der Waals surface area contributed by atoms with Crippen molar-refractivity contribution in [1.29, 1.82) is 0 Å². The summed E-state index contributed by atoms with van der Waals surface area (Å²) in [5.41, 5.74) is 1.66. The van der Waals surface area contributed by atoms with E-state index in [-0.39, 0.29) is 18.0 Å². The van der Waals surface area contributed by atoms with Gasteiger partial charge in [0.2, 0.25) is 5.91 Å². The van der Waals surface area contributed by atoms with Crippen LogP contribution in [0.5, 0.6) is 0 Å². The molecule has 1 heterocycles. The minimum absolute atomic E-state index is 0.0226. The Bertz CT molecular complexity index is 727. The second-order valence-corrected chi connectivity index (χ2v) is 7.10. The lowest BCUT2D eigenvalue weighted by molar-refractivity contribution is -0.114. The maximum atomic E-state index is 12.4. The number of nitrogens with zero attached hydrogens (tertiary/aromatic N) is 1. The van der Waals surface area contributed by atoms with Crippen LogP contribution in [0.2, 0.25) is 0 Å². The minimum Gasteiger partial charge on any atom is -0.334 e. The third kappa shape index (κ3) is 4.83. The normalized spacial score (nSPS) is 11.7. The van der Waals surface area contributed by atoms with Crippen molar-refractivity contribution in [1.82, 2.24) is 10.2 Å². The Morgan fingerprint density at radius 2 is 2.00 bits per heavy atom. The Morgan fingerprint density at radius 1 is 1.25 bits per heavy atom. The van der Waals surface area contributed by atoms with Crippen molar-refractivity contribution in [3.05, 3.63) is 51.7 Å². The summed E-state index contributed by atoms with van der Waals surface area (Å²) in [4.78, 5) is 27.6. The molecule has 0 aliphatic rings. The first kappa shape index (κ1) is 18.0.